The highest BCUT2D eigenvalue weighted by Gasteiger charge is 2.41. The quantitative estimate of drug-likeness (QED) is 0.822. The van der Waals surface area contributed by atoms with Crippen molar-refractivity contribution in [3.8, 4) is 0 Å². The van der Waals surface area contributed by atoms with Gasteiger partial charge in [-0.15, -0.1) is 0 Å². The van der Waals surface area contributed by atoms with Crippen molar-refractivity contribution in [3.63, 3.8) is 0 Å². The van der Waals surface area contributed by atoms with Gasteiger partial charge in [0.15, 0.2) is 0 Å². The molecule has 6 nitrogen and oxygen atoms in total. The molecule has 0 aromatic carbocycles. The maximum absolute atomic E-state index is 12.7. The van der Waals surface area contributed by atoms with E-state index in [0.717, 1.165) is 19.3 Å². The fourth-order valence-electron chi connectivity index (χ4n) is 3.34. The molecule has 2 aliphatic heterocycles. The summed E-state index contributed by atoms with van der Waals surface area (Å²) in [6.45, 7) is 3.24. The van der Waals surface area contributed by atoms with Crippen molar-refractivity contribution in [3.05, 3.63) is 0 Å². The number of carbonyl (C=O) groups excluding carboxylic acids is 3. The second-order valence-corrected chi connectivity index (χ2v) is 5.80. The number of hydrogen-bond acceptors (Lipinski definition) is 3. The molecule has 118 valence electrons. The number of carbonyl (C=O) groups is 3. The standard InChI is InChI=1S/C15H25N3O3/c1-3-6-13(19)17-9-5-8-12(17)15(21)18-10-4-7-11(18)14(20)16-2/h11-12H,3-10H2,1-2H3,(H,16,20). The van der Waals surface area contributed by atoms with Gasteiger partial charge in [-0.1, -0.05) is 6.92 Å². The van der Waals surface area contributed by atoms with Crippen molar-refractivity contribution in [2.24, 2.45) is 0 Å². The van der Waals surface area contributed by atoms with E-state index in [2.05, 4.69) is 5.32 Å². The Bertz CT molecular complexity index is 424. The van der Waals surface area contributed by atoms with Crippen molar-refractivity contribution in [2.45, 2.75) is 57.5 Å². The number of amides is 3. The van der Waals surface area contributed by atoms with E-state index in [-0.39, 0.29) is 29.8 Å². The molecule has 6 heteroatoms. The Morgan fingerprint density at radius 3 is 2.29 bits per heavy atom. The zero-order valence-electron chi connectivity index (χ0n) is 12.9. The maximum atomic E-state index is 12.7. The third kappa shape index (κ3) is 3.19. The second-order valence-electron chi connectivity index (χ2n) is 5.80. The average molecular weight is 295 g/mol. The second kappa shape index (κ2) is 6.91. The Balaban J connectivity index is 2.07. The highest BCUT2D eigenvalue weighted by atomic mass is 16.2. The maximum Gasteiger partial charge on any atom is 0.246 e. The molecule has 0 aliphatic carbocycles. The number of nitrogens with one attached hydrogen (secondary N) is 1. The monoisotopic (exact) mass is 295 g/mol. The lowest BCUT2D eigenvalue weighted by atomic mass is 10.1. The summed E-state index contributed by atoms with van der Waals surface area (Å²) in [6.07, 6.45) is 4.42. The van der Waals surface area contributed by atoms with Gasteiger partial charge in [-0.3, -0.25) is 14.4 Å². The van der Waals surface area contributed by atoms with Crippen molar-refractivity contribution in [1.82, 2.24) is 15.1 Å². The minimum Gasteiger partial charge on any atom is -0.357 e. The first-order valence-corrected chi connectivity index (χ1v) is 7.91. The Morgan fingerprint density at radius 2 is 1.67 bits per heavy atom. The summed E-state index contributed by atoms with van der Waals surface area (Å²) in [5, 5.41) is 2.62. The fraction of sp³-hybridized carbons (Fsp3) is 0.800. The number of nitrogens with zero attached hydrogens (tertiary/aromatic N) is 2. The molecule has 2 aliphatic rings. The van der Waals surface area contributed by atoms with E-state index in [1.807, 2.05) is 6.92 Å². The van der Waals surface area contributed by atoms with Crippen LogP contribution in [0.1, 0.15) is 45.4 Å². The van der Waals surface area contributed by atoms with Gasteiger partial charge in [-0.25, -0.2) is 0 Å². The highest BCUT2D eigenvalue weighted by Crippen LogP contribution is 2.25. The summed E-state index contributed by atoms with van der Waals surface area (Å²) in [4.78, 5) is 40.1. The molecule has 2 saturated heterocycles. The number of hydrogen-bond donors (Lipinski definition) is 1. The van der Waals surface area contributed by atoms with Crippen molar-refractivity contribution < 1.29 is 14.4 Å². The van der Waals surface area contributed by atoms with Crippen LogP contribution in [0.2, 0.25) is 0 Å². The first-order valence-electron chi connectivity index (χ1n) is 7.91. The van der Waals surface area contributed by atoms with Crippen LogP contribution in [0.5, 0.6) is 0 Å². The molecule has 2 fully saturated rings. The van der Waals surface area contributed by atoms with E-state index in [1.165, 1.54) is 0 Å². The molecule has 2 unspecified atom stereocenters. The fourth-order valence-corrected chi connectivity index (χ4v) is 3.34. The minimum atomic E-state index is -0.369. The summed E-state index contributed by atoms with van der Waals surface area (Å²) >= 11 is 0. The van der Waals surface area contributed by atoms with E-state index in [9.17, 15) is 14.4 Å². The normalized spacial score (nSPS) is 25.2. The molecule has 2 heterocycles. The van der Waals surface area contributed by atoms with E-state index in [1.54, 1.807) is 16.8 Å². The first-order chi connectivity index (χ1) is 10.1. The first kappa shape index (κ1) is 15.8. The van der Waals surface area contributed by atoms with E-state index in [4.69, 9.17) is 0 Å². The Kier molecular flexibility index (Phi) is 5.20. The van der Waals surface area contributed by atoms with Gasteiger partial charge in [-0.05, 0) is 32.1 Å². The number of rotatable bonds is 4. The summed E-state index contributed by atoms with van der Waals surface area (Å²) < 4.78 is 0. The lowest BCUT2D eigenvalue weighted by Gasteiger charge is -2.30. The Labute approximate surface area is 125 Å². The third-order valence-corrected chi connectivity index (χ3v) is 4.41. The zero-order valence-corrected chi connectivity index (χ0v) is 12.9. The number of likely N-dealkylation sites (tertiary alicyclic amines) is 2. The van der Waals surface area contributed by atoms with E-state index in [0.29, 0.717) is 32.4 Å². The van der Waals surface area contributed by atoms with Crippen molar-refractivity contribution in [1.29, 1.82) is 0 Å². The molecule has 2 atom stereocenters. The van der Waals surface area contributed by atoms with Crippen LogP contribution in [-0.2, 0) is 14.4 Å². The molecule has 21 heavy (non-hydrogen) atoms. The summed E-state index contributed by atoms with van der Waals surface area (Å²) in [6, 6.07) is -0.736. The van der Waals surface area contributed by atoms with Crippen LogP contribution < -0.4 is 5.32 Å². The molecule has 3 amide bonds. The van der Waals surface area contributed by atoms with Gasteiger partial charge < -0.3 is 15.1 Å². The van der Waals surface area contributed by atoms with Crippen molar-refractivity contribution in [2.75, 3.05) is 20.1 Å². The SMILES string of the molecule is CCCC(=O)N1CCCC1C(=O)N1CCCC1C(=O)NC. The van der Waals surface area contributed by atoms with E-state index < -0.39 is 0 Å². The van der Waals surface area contributed by atoms with Crippen molar-refractivity contribution >= 4 is 17.7 Å². The Morgan fingerprint density at radius 1 is 1.05 bits per heavy atom. The highest BCUT2D eigenvalue weighted by molar-refractivity contribution is 5.92. The van der Waals surface area contributed by atoms with Crippen LogP contribution in [0.4, 0.5) is 0 Å². The smallest absolute Gasteiger partial charge is 0.246 e. The third-order valence-electron chi connectivity index (χ3n) is 4.41. The Hall–Kier alpha value is -1.59. The lowest BCUT2D eigenvalue weighted by molar-refractivity contribution is -0.146. The molecular formula is C15H25N3O3. The molecule has 0 aromatic rings. The van der Waals surface area contributed by atoms with Gasteiger partial charge in [0.2, 0.25) is 17.7 Å². The largest absolute Gasteiger partial charge is 0.357 e. The molecular weight excluding hydrogens is 270 g/mol. The summed E-state index contributed by atoms with van der Waals surface area (Å²) in [5.41, 5.74) is 0. The topological polar surface area (TPSA) is 69.7 Å². The van der Waals surface area contributed by atoms with Crippen LogP contribution in [0.25, 0.3) is 0 Å². The number of likely N-dealkylation sites (N-methyl/N-ethyl adjacent to an activating group) is 1. The van der Waals surface area contributed by atoms with Gasteiger partial charge in [0.05, 0.1) is 0 Å². The molecule has 0 spiro atoms. The van der Waals surface area contributed by atoms with Gasteiger partial charge in [0.25, 0.3) is 0 Å². The van der Waals surface area contributed by atoms with Gasteiger partial charge >= 0.3 is 0 Å². The van der Waals surface area contributed by atoms with Crippen LogP contribution >= 0.6 is 0 Å². The summed E-state index contributed by atoms with van der Waals surface area (Å²) in [7, 11) is 1.59. The average Bonchev–Trinajstić information content (AvgIpc) is 3.14. The summed E-state index contributed by atoms with van der Waals surface area (Å²) in [5.74, 6) is -0.0997. The molecule has 0 saturated carbocycles. The van der Waals surface area contributed by atoms with Gasteiger partial charge in [-0.2, -0.15) is 0 Å². The van der Waals surface area contributed by atoms with E-state index >= 15 is 0 Å². The minimum absolute atomic E-state index is 0.0527. The zero-order chi connectivity index (χ0) is 15.4. The lowest BCUT2D eigenvalue weighted by Crippen LogP contribution is -2.52. The predicted octanol–water partition coefficient (Wildman–Crippen LogP) is 0.515. The van der Waals surface area contributed by atoms with Crippen LogP contribution in [0.3, 0.4) is 0 Å². The van der Waals surface area contributed by atoms with Crippen LogP contribution in [0, 0.1) is 0 Å². The van der Waals surface area contributed by atoms with Crippen LogP contribution in [-0.4, -0.2) is 59.7 Å². The molecule has 2 rings (SSSR count). The van der Waals surface area contributed by atoms with Gasteiger partial charge in [0, 0.05) is 26.6 Å². The molecule has 1 N–H and O–H groups in total. The molecule has 0 radical (unpaired) electrons. The van der Waals surface area contributed by atoms with Crippen LogP contribution in [0.15, 0.2) is 0 Å². The van der Waals surface area contributed by atoms with Gasteiger partial charge in [0.1, 0.15) is 12.1 Å². The molecule has 0 aromatic heterocycles. The predicted molar refractivity (Wildman–Crippen MR) is 78.4 cm³/mol. The molecule has 0 bridgehead atoms.